The molecule has 0 radical (unpaired) electrons. The maximum Gasteiger partial charge on any atom is 0.320 e. The molecule has 0 aliphatic carbocycles. The van der Waals surface area contributed by atoms with E-state index < -0.39 is 6.03 Å². The van der Waals surface area contributed by atoms with E-state index >= 15 is 0 Å². The summed E-state index contributed by atoms with van der Waals surface area (Å²) in [6.45, 7) is 0.434. The number of hydrogen-bond donors (Lipinski definition) is 2. The van der Waals surface area contributed by atoms with Gasteiger partial charge in [0.15, 0.2) is 11.5 Å². The predicted octanol–water partition coefficient (Wildman–Crippen LogP) is 3.67. The molecule has 0 aliphatic heterocycles. The van der Waals surface area contributed by atoms with Crippen molar-refractivity contribution >= 4 is 27.6 Å². The molecule has 2 N–H and O–H groups in total. The first kappa shape index (κ1) is 19.5. The molecule has 136 valence electrons. The second-order valence-corrected chi connectivity index (χ2v) is 5.86. The van der Waals surface area contributed by atoms with Crippen LogP contribution in [-0.2, 0) is 0 Å². The van der Waals surface area contributed by atoms with Crippen LogP contribution in [-0.4, -0.2) is 33.4 Å². The van der Waals surface area contributed by atoms with E-state index in [1.54, 1.807) is 18.2 Å². The molecule has 26 heavy (non-hydrogen) atoms. The number of para-hydroxylation sites is 1. The number of hydrogen-bond acceptors (Lipinski definition) is 4. The highest BCUT2D eigenvalue weighted by Crippen LogP contribution is 2.34. The summed E-state index contributed by atoms with van der Waals surface area (Å²) in [7, 11) is 3.05. The summed E-state index contributed by atoms with van der Waals surface area (Å²) in [6, 6.07) is 12.3. The molecule has 0 fully saturated rings. The van der Waals surface area contributed by atoms with Gasteiger partial charge in [0.1, 0.15) is 12.4 Å². The third-order valence-electron chi connectivity index (χ3n) is 3.22. The number of urea groups is 1. The number of halogens is 1. The lowest BCUT2D eigenvalue weighted by atomic mass is 10.2. The number of methoxy groups -OCH3 is 2. The number of rotatable bonds is 6. The molecule has 0 unspecified atom stereocenters. The van der Waals surface area contributed by atoms with Crippen LogP contribution in [0, 0.1) is 11.8 Å². The second-order valence-electron chi connectivity index (χ2n) is 4.95. The fourth-order valence-corrected chi connectivity index (χ4v) is 2.44. The molecule has 0 spiro atoms. The third-order valence-corrected chi connectivity index (χ3v) is 3.71. The van der Waals surface area contributed by atoms with Crippen LogP contribution >= 0.6 is 15.9 Å². The van der Waals surface area contributed by atoms with E-state index in [1.807, 2.05) is 24.3 Å². The molecule has 2 rings (SSSR count). The Bertz CT molecular complexity index is 815. The highest BCUT2D eigenvalue weighted by molar-refractivity contribution is 9.10. The van der Waals surface area contributed by atoms with E-state index in [9.17, 15) is 4.79 Å². The molecule has 6 nitrogen and oxygen atoms in total. The molecule has 2 amide bonds. The summed E-state index contributed by atoms with van der Waals surface area (Å²) in [4.78, 5) is 11.9. The predicted molar refractivity (Wildman–Crippen MR) is 104 cm³/mol. The van der Waals surface area contributed by atoms with Gasteiger partial charge in [0.2, 0.25) is 0 Å². The standard InChI is InChI=1S/C19H19BrN2O4/c1-24-17-10-6-9-16(18(17)25-2)22-19(23)21-11-3-4-12-26-15-8-5-7-14(20)13-15/h5-10,13H,11-12H2,1-2H3,(H2,21,22,23). The molecule has 0 saturated carbocycles. The number of carbonyl (C=O) groups is 1. The SMILES string of the molecule is COc1cccc(NC(=O)NCC#CCOc2cccc(Br)c2)c1OC. The smallest absolute Gasteiger partial charge is 0.320 e. The normalized spacial score (nSPS) is 9.50. The number of amides is 2. The van der Waals surface area contributed by atoms with Crippen molar-refractivity contribution in [2.75, 3.05) is 32.7 Å². The minimum atomic E-state index is -0.390. The first-order valence-electron chi connectivity index (χ1n) is 7.74. The number of carbonyl (C=O) groups excluding carboxylic acids is 1. The van der Waals surface area contributed by atoms with Crippen LogP contribution in [0.4, 0.5) is 10.5 Å². The fourth-order valence-electron chi connectivity index (χ4n) is 2.07. The van der Waals surface area contributed by atoms with Gasteiger partial charge in [0, 0.05) is 4.47 Å². The van der Waals surface area contributed by atoms with Gasteiger partial charge in [-0.25, -0.2) is 4.79 Å². The zero-order valence-electron chi connectivity index (χ0n) is 14.5. The van der Waals surface area contributed by atoms with Gasteiger partial charge in [-0.15, -0.1) is 0 Å². The van der Waals surface area contributed by atoms with Crippen LogP contribution in [0.2, 0.25) is 0 Å². The van der Waals surface area contributed by atoms with Gasteiger partial charge >= 0.3 is 6.03 Å². The van der Waals surface area contributed by atoms with Crippen LogP contribution in [0.15, 0.2) is 46.9 Å². The summed E-state index contributed by atoms with van der Waals surface area (Å²) >= 11 is 3.37. The van der Waals surface area contributed by atoms with Crippen LogP contribution in [0.1, 0.15) is 0 Å². The van der Waals surface area contributed by atoms with Crippen molar-refractivity contribution in [2.45, 2.75) is 0 Å². The van der Waals surface area contributed by atoms with Crippen molar-refractivity contribution in [2.24, 2.45) is 0 Å². The van der Waals surface area contributed by atoms with Crippen molar-refractivity contribution in [3.8, 4) is 29.1 Å². The van der Waals surface area contributed by atoms with Crippen molar-refractivity contribution in [1.29, 1.82) is 0 Å². The Kier molecular flexibility index (Phi) is 7.65. The Hall–Kier alpha value is -2.85. The van der Waals surface area contributed by atoms with Gasteiger partial charge in [-0.1, -0.05) is 39.9 Å². The Balaban J connectivity index is 1.78. The lowest BCUT2D eigenvalue weighted by Gasteiger charge is -2.13. The van der Waals surface area contributed by atoms with Crippen molar-refractivity contribution < 1.29 is 19.0 Å². The quantitative estimate of drug-likeness (QED) is 0.702. The van der Waals surface area contributed by atoms with Gasteiger partial charge in [0.25, 0.3) is 0 Å². The Morgan fingerprint density at radius 3 is 2.65 bits per heavy atom. The van der Waals surface area contributed by atoms with E-state index in [-0.39, 0.29) is 13.2 Å². The molecule has 0 bridgehead atoms. The zero-order chi connectivity index (χ0) is 18.8. The Labute approximate surface area is 161 Å². The maximum atomic E-state index is 11.9. The number of nitrogens with one attached hydrogen (secondary N) is 2. The molecular formula is C19H19BrN2O4. The van der Waals surface area contributed by atoms with Gasteiger partial charge in [-0.3, -0.25) is 0 Å². The molecule has 2 aromatic carbocycles. The van der Waals surface area contributed by atoms with Crippen molar-refractivity contribution in [3.63, 3.8) is 0 Å². The second kappa shape index (κ2) is 10.2. The molecule has 7 heteroatoms. The van der Waals surface area contributed by atoms with Crippen LogP contribution in [0.3, 0.4) is 0 Å². The minimum absolute atomic E-state index is 0.194. The lowest BCUT2D eigenvalue weighted by molar-refractivity contribution is 0.253. The number of benzene rings is 2. The van der Waals surface area contributed by atoms with Gasteiger partial charge < -0.3 is 24.8 Å². The molecular weight excluding hydrogens is 400 g/mol. The lowest BCUT2D eigenvalue weighted by Crippen LogP contribution is -2.29. The summed E-state index contributed by atoms with van der Waals surface area (Å²) < 4.78 is 16.9. The molecule has 0 heterocycles. The molecule has 0 aliphatic rings. The average Bonchev–Trinajstić information content (AvgIpc) is 2.64. The number of ether oxygens (including phenoxy) is 3. The van der Waals surface area contributed by atoms with Crippen molar-refractivity contribution in [1.82, 2.24) is 5.32 Å². The maximum absolute atomic E-state index is 11.9. The molecule has 0 atom stereocenters. The highest BCUT2D eigenvalue weighted by Gasteiger charge is 2.11. The zero-order valence-corrected chi connectivity index (χ0v) is 16.1. The van der Waals surface area contributed by atoms with Crippen LogP contribution in [0.25, 0.3) is 0 Å². The van der Waals surface area contributed by atoms with E-state index in [2.05, 4.69) is 38.4 Å². The Morgan fingerprint density at radius 2 is 1.92 bits per heavy atom. The third kappa shape index (κ3) is 5.90. The summed E-state index contributed by atoms with van der Waals surface area (Å²) in [5.74, 6) is 7.38. The fraction of sp³-hybridized carbons (Fsp3) is 0.211. The monoisotopic (exact) mass is 418 g/mol. The first-order valence-corrected chi connectivity index (χ1v) is 8.53. The van der Waals surface area contributed by atoms with E-state index in [4.69, 9.17) is 14.2 Å². The van der Waals surface area contributed by atoms with Crippen LogP contribution in [0.5, 0.6) is 17.2 Å². The average molecular weight is 419 g/mol. The summed E-state index contributed by atoms with van der Waals surface area (Å²) in [5, 5.41) is 5.34. The minimum Gasteiger partial charge on any atom is -0.493 e. The molecule has 0 saturated heterocycles. The van der Waals surface area contributed by atoms with Crippen molar-refractivity contribution in [3.05, 3.63) is 46.9 Å². The molecule has 0 aromatic heterocycles. The first-order chi connectivity index (χ1) is 12.6. The Morgan fingerprint density at radius 1 is 1.12 bits per heavy atom. The van der Waals surface area contributed by atoms with E-state index in [1.165, 1.54) is 14.2 Å². The van der Waals surface area contributed by atoms with E-state index in [0.717, 1.165) is 10.2 Å². The van der Waals surface area contributed by atoms with Crippen LogP contribution < -0.4 is 24.8 Å². The topological polar surface area (TPSA) is 68.8 Å². The van der Waals surface area contributed by atoms with Gasteiger partial charge in [-0.05, 0) is 30.3 Å². The molecule has 2 aromatic rings. The number of anilines is 1. The van der Waals surface area contributed by atoms with E-state index in [0.29, 0.717) is 17.2 Å². The van der Waals surface area contributed by atoms with Gasteiger partial charge in [-0.2, -0.15) is 0 Å². The van der Waals surface area contributed by atoms with Gasteiger partial charge in [0.05, 0.1) is 26.5 Å². The highest BCUT2D eigenvalue weighted by atomic mass is 79.9. The summed E-state index contributed by atoms with van der Waals surface area (Å²) in [5.41, 5.74) is 0.510. The largest absolute Gasteiger partial charge is 0.493 e. The summed E-state index contributed by atoms with van der Waals surface area (Å²) in [6.07, 6.45) is 0.